The maximum atomic E-state index is 5.92. The van der Waals surface area contributed by atoms with Gasteiger partial charge in [-0.1, -0.05) is 12.1 Å². The Morgan fingerprint density at radius 3 is 3.00 bits per heavy atom. The Kier molecular flexibility index (Phi) is 2.20. The number of methoxy groups -OCH3 is 1. The lowest BCUT2D eigenvalue weighted by atomic mass is 10.3. The Morgan fingerprint density at radius 2 is 2.23 bits per heavy atom. The van der Waals surface area contributed by atoms with E-state index in [9.17, 15) is 0 Å². The molecule has 68 valence electrons. The number of benzene rings is 1. The minimum Gasteiger partial charge on any atom is -0.364 e. The monoisotopic (exact) mass is 196 g/mol. The predicted molar refractivity (Wildman–Crippen MR) is 51.8 cm³/mol. The Hall–Kier alpha value is -1.06. The smallest absolute Gasteiger partial charge is 0.205 e. The van der Waals surface area contributed by atoms with Crippen molar-refractivity contribution in [2.45, 2.75) is 6.73 Å². The molecule has 0 fully saturated rings. The molecule has 1 aromatic carbocycles. The summed E-state index contributed by atoms with van der Waals surface area (Å²) in [6.45, 7) is 0.430. The molecule has 13 heavy (non-hydrogen) atoms. The second-order valence-corrected chi connectivity index (χ2v) is 3.05. The van der Waals surface area contributed by atoms with Gasteiger partial charge in [0.2, 0.25) is 5.28 Å². The van der Waals surface area contributed by atoms with Gasteiger partial charge in [-0.05, 0) is 23.7 Å². The van der Waals surface area contributed by atoms with Gasteiger partial charge in [0.05, 0.1) is 11.0 Å². The highest BCUT2D eigenvalue weighted by Gasteiger charge is 2.06. The Balaban J connectivity index is 2.64. The van der Waals surface area contributed by atoms with Gasteiger partial charge in [0.25, 0.3) is 0 Å². The molecule has 0 amide bonds. The van der Waals surface area contributed by atoms with Crippen LogP contribution >= 0.6 is 11.6 Å². The molecule has 0 saturated heterocycles. The van der Waals surface area contributed by atoms with Crippen molar-refractivity contribution in [1.29, 1.82) is 0 Å². The van der Waals surface area contributed by atoms with Crippen molar-refractivity contribution >= 4 is 22.6 Å². The van der Waals surface area contributed by atoms with E-state index in [1.54, 1.807) is 7.11 Å². The summed E-state index contributed by atoms with van der Waals surface area (Å²) in [5.74, 6) is 0. The third kappa shape index (κ3) is 1.41. The van der Waals surface area contributed by atoms with E-state index in [2.05, 4.69) is 4.98 Å². The van der Waals surface area contributed by atoms with E-state index in [1.807, 2.05) is 28.8 Å². The number of rotatable bonds is 2. The molecule has 4 heteroatoms. The fourth-order valence-electron chi connectivity index (χ4n) is 1.30. The largest absolute Gasteiger partial charge is 0.364 e. The molecule has 0 atom stereocenters. The van der Waals surface area contributed by atoms with Crippen LogP contribution in [-0.2, 0) is 11.5 Å². The third-order valence-electron chi connectivity index (χ3n) is 1.87. The fourth-order valence-corrected chi connectivity index (χ4v) is 1.53. The second-order valence-electron chi connectivity index (χ2n) is 2.72. The molecule has 0 aliphatic carbocycles. The van der Waals surface area contributed by atoms with Gasteiger partial charge < -0.3 is 4.74 Å². The molecule has 0 aliphatic rings. The zero-order valence-corrected chi connectivity index (χ0v) is 7.95. The van der Waals surface area contributed by atoms with Crippen molar-refractivity contribution in [2.75, 3.05) is 7.11 Å². The zero-order chi connectivity index (χ0) is 9.26. The van der Waals surface area contributed by atoms with Crippen LogP contribution in [0.1, 0.15) is 0 Å². The third-order valence-corrected chi connectivity index (χ3v) is 2.15. The first-order valence-electron chi connectivity index (χ1n) is 3.92. The standard InChI is InChI=1S/C9H9ClN2O/c1-13-6-12-8-5-3-2-4-7(8)11-9(12)10/h2-5H,6H2,1H3. The average molecular weight is 197 g/mol. The van der Waals surface area contributed by atoms with Crippen LogP contribution in [-0.4, -0.2) is 16.7 Å². The molecule has 1 heterocycles. The number of fused-ring (bicyclic) bond motifs is 1. The molecular weight excluding hydrogens is 188 g/mol. The maximum Gasteiger partial charge on any atom is 0.205 e. The Bertz CT molecular complexity index is 424. The van der Waals surface area contributed by atoms with Crippen LogP contribution in [0.15, 0.2) is 24.3 Å². The molecule has 0 unspecified atom stereocenters. The van der Waals surface area contributed by atoms with E-state index < -0.39 is 0 Å². The first-order valence-corrected chi connectivity index (χ1v) is 4.30. The molecule has 0 spiro atoms. The lowest BCUT2D eigenvalue weighted by Gasteiger charge is -2.02. The summed E-state index contributed by atoms with van der Waals surface area (Å²) in [6.07, 6.45) is 0. The molecule has 0 saturated carbocycles. The summed E-state index contributed by atoms with van der Waals surface area (Å²) >= 11 is 5.92. The number of imidazole rings is 1. The molecule has 3 nitrogen and oxygen atoms in total. The number of halogens is 1. The molecule has 1 aromatic heterocycles. The summed E-state index contributed by atoms with van der Waals surface area (Å²) in [5, 5.41) is 0.461. The van der Waals surface area contributed by atoms with E-state index in [0.29, 0.717) is 12.0 Å². The number of hydrogen-bond acceptors (Lipinski definition) is 2. The lowest BCUT2D eigenvalue weighted by molar-refractivity contribution is 0.134. The van der Waals surface area contributed by atoms with E-state index in [1.165, 1.54) is 0 Å². The van der Waals surface area contributed by atoms with Gasteiger partial charge >= 0.3 is 0 Å². The summed E-state index contributed by atoms with van der Waals surface area (Å²) in [5.41, 5.74) is 1.89. The minimum atomic E-state index is 0.430. The molecule has 0 aliphatic heterocycles. The van der Waals surface area contributed by atoms with Gasteiger partial charge in [-0.15, -0.1) is 0 Å². The Morgan fingerprint density at radius 1 is 1.46 bits per heavy atom. The van der Waals surface area contributed by atoms with Crippen LogP contribution in [0.2, 0.25) is 5.28 Å². The van der Waals surface area contributed by atoms with Gasteiger partial charge in [0.1, 0.15) is 6.73 Å². The highest BCUT2D eigenvalue weighted by atomic mass is 35.5. The summed E-state index contributed by atoms with van der Waals surface area (Å²) < 4.78 is 6.83. The van der Waals surface area contributed by atoms with Crippen LogP contribution in [0.5, 0.6) is 0 Å². The number of aromatic nitrogens is 2. The van der Waals surface area contributed by atoms with Crippen LogP contribution in [0.3, 0.4) is 0 Å². The first-order chi connectivity index (χ1) is 6.33. The molecule has 2 aromatic rings. The normalized spacial score (nSPS) is 10.9. The van der Waals surface area contributed by atoms with Gasteiger partial charge in [-0.2, -0.15) is 0 Å². The highest BCUT2D eigenvalue weighted by Crippen LogP contribution is 2.18. The second kappa shape index (κ2) is 3.36. The average Bonchev–Trinajstić information content (AvgIpc) is 2.44. The van der Waals surface area contributed by atoms with Crippen molar-refractivity contribution in [3.63, 3.8) is 0 Å². The van der Waals surface area contributed by atoms with Crippen LogP contribution in [0.25, 0.3) is 11.0 Å². The summed E-state index contributed by atoms with van der Waals surface area (Å²) in [7, 11) is 1.63. The molecular formula is C9H9ClN2O. The lowest BCUT2D eigenvalue weighted by Crippen LogP contribution is -1.98. The summed E-state index contributed by atoms with van der Waals surface area (Å²) in [4.78, 5) is 4.18. The molecule has 0 radical (unpaired) electrons. The molecule has 0 N–H and O–H groups in total. The van der Waals surface area contributed by atoms with Crippen LogP contribution in [0, 0.1) is 0 Å². The SMILES string of the molecule is COCn1c(Cl)nc2ccccc21. The van der Waals surface area contributed by atoms with E-state index in [4.69, 9.17) is 16.3 Å². The van der Waals surface area contributed by atoms with E-state index in [0.717, 1.165) is 11.0 Å². The minimum absolute atomic E-state index is 0.430. The van der Waals surface area contributed by atoms with Gasteiger partial charge in [0.15, 0.2) is 0 Å². The topological polar surface area (TPSA) is 27.1 Å². The van der Waals surface area contributed by atoms with Crippen molar-refractivity contribution in [3.05, 3.63) is 29.5 Å². The number of nitrogens with zero attached hydrogens (tertiary/aromatic N) is 2. The molecule has 2 rings (SSSR count). The zero-order valence-electron chi connectivity index (χ0n) is 7.20. The number of para-hydroxylation sites is 2. The van der Waals surface area contributed by atoms with Crippen molar-refractivity contribution < 1.29 is 4.74 Å². The highest BCUT2D eigenvalue weighted by molar-refractivity contribution is 6.29. The van der Waals surface area contributed by atoms with E-state index >= 15 is 0 Å². The van der Waals surface area contributed by atoms with Gasteiger partial charge in [0, 0.05) is 7.11 Å². The van der Waals surface area contributed by atoms with Crippen LogP contribution in [0.4, 0.5) is 0 Å². The number of ether oxygens (including phenoxy) is 1. The van der Waals surface area contributed by atoms with Gasteiger partial charge in [-0.3, -0.25) is 4.57 Å². The van der Waals surface area contributed by atoms with Crippen molar-refractivity contribution in [2.24, 2.45) is 0 Å². The van der Waals surface area contributed by atoms with Crippen molar-refractivity contribution in [1.82, 2.24) is 9.55 Å². The maximum absolute atomic E-state index is 5.92. The van der Waals surface area contributed by atoms with E-state index in [-0.39, 0.29) is 0 Å². The van der Waals surface area contributed by atoms with Crippen molar-refractivity contribution in [3.8, 4) is 0 Å². The quantitative estimate of drug-likeness (QED) is 0.737. The van der Waals surface area contributed by atoms with Crippen LogP contribution < -0.4 is 0 Å². The molecule has 0 bridgehead atoms. The van der Waals surface area contributed by atoms with Gasteiger partial charge in [-0.25, -0.2) is 4.98 Å². The summed E-state index contributed by atoms with van der Waals surface area (Å²) in [6, 6.07) is 7.77. The first kappa shape index (κ1) is 8.53. The number of hydrogen-bond donors (Lipinski definition) is 0. The fraction of sp³-hybridized carbons (Fsp3) is 0.222. The predicted octanol–water partition coefficient (Wildman–Crippen LogP) is 2.29. The Labute approximate surface area is 80.9 Å².